The summed E-state index contributed by atoms with van der Waals surface area (Å²) in [5, 5.41) is 15.3. The normalized spacial score (nSPS) is 12.0. The third-order valence-electron chi connectivity index (χ3n) is 4.09. The summed E-state index contributed by atoms with van der Waals surface area (Å²) in [5.41, 5.74) is 3.59. The van der Waals surface area contributed by atoms with E-state index in [1.165, 1.54) is 0 Å². The van der Waals surface area contributed by atoms with Gasteiger partial charge < -0.3 is 15.7 Å². The Morgan fingerprint density at radius 3 is 2.48 bits per heavy atom. The average molecular weight is 341 g/mol. The number of amides is 1. The van der Waals surface area contributed by atoms with Crippen molar-refractivity contribution in [2.24, 2.45) is 0 Å². The Labute approximate surface area is 149 Å². The highest BCUT2D eigenvalue weighted by atomic mass is 16.3. The van der Waals surface area contributed by atoms with Gasteiger partial charge in [0.05, 0.1) is 24.9 Å². The van der Waals surface area contributed by atoms with Gasteiger partial charge in [-0.25, -0.2) is 0 Å². The van der Waals surface area contributed by atoms with Gasteiger partial charge in [0.2, 0.25) is 0 Å². The number of rotatable bonds is 8. The molecule has 134 valence electrons. The van der Waals surface area contributed by atoms with E-state index in [0.717, 1.165) is 17.1 Å². The summed E-state index contributed by atoms with van der Waals surface area (Å²) < 4.78 is 0. The van der Waals surface area contributed by atoms with Crippen molar-refractivity contribution in [3.05, 3.63) is 59.4 Å². The minimum absolute atomic E-state index is 0.0513. The first-order chi connectivity index (χ1) is 12.0. The number of carbonyl (C=O) groups is 1. The molecule has 0 spiro atoms. The Balaban J connectivity index is 1.94. The number of nitrogens with one attached hydrogen (secondary N) is 2. The third-order valence-corrected chi connectivity index (χ3v) is 4.09. The van der Waals surface area contributed by atoms with Crippen molar-refractivity contribution in [3.63, 3.8) is 0 Å². The molecule has 1 atom stereocenters. The minimum Gasteiger partial charge on any atom is -0.394 e. The van der Waals surface area contributed by atoms with Crippen LogP contribution in [0.15, 0.2) is 42.5 Å². The molecule has 1 amide bonds. The molecule has 0 bridgehead atoms. The molecule has 5 heteroatoms. The van der Waals surface area contributed by atoms with E-state index in [1.807, 2.05) is 37.3 Å². The molecule has 2 rings (SSSR count). The number of carbonyl (C=O) groups excluding carboxylic acids is 1. The van der Waals surface area contributed by atoms with Crippen LogP contribution in [0, 0.1) is 0 Å². The number of aromatic nitrogens is 1. The van der Waals surface area contributed by atoms with Gasteiger partial charge in [-0.1, -0.05) is 26.8 Å². The highest BCUT2D eigenvalue weighted by Gasteiger charge is 2.11. The van der Waals surface area contributed by atoms with Gasteiger partial charge in [-0.2, -0.15) is 0 Å². The van der Waals surface area contributed by atoms with Crippen LogP contribution in [0.25, 0.3) is 0 Å². The number of aliphatic hydroxyl groups excluding tert-OH is 1. The van der Waals surface area contributed by atoms with Gasteiger partial charge >= 0.3 is 0 Å². The van der Waals surface area contributed by atoms with Crippen molar-refractivity contribution in [3.8, 4) is 0 Å². The number of nitrogens with zero attached hydrogens (tertiary/aromatic N) is 1. The van der Waals surface area contributed by atoms with Crippen molar-refractivity contribution in [2.75, 3.05) is 11.9 Å². The summed E-state index contributed by atoms with van der Waals surface area (Å²) in [6, 6.07) is 13.2. The lowest BCUT2D eigenvalue weighted by Gasteiger charge is -2.14. The Hall–Kier alpha value is -2.40. The zero-order valence-electron chi connectivity index (χ0n) is 15.1. The molecule has 1 aromatic carbocycles. The summed E-state index contributed by atoms with van der Waals surface area (Å²) in [7, 11) is 0. The molecule has 1 unspecified atom stereocenters. The van der Waals surface area contributed by atoms with E-state index in [-0.39, 0.29) is 18.6 Å². The van der Waals surface area contributed by atoms with E-state index in [2.05, 4.69) is 29.5 Å². The highest BCUT2D eigenvalue weighted by Crippen LogP contribution is 2.14. The smallest absolute Gasteiger partial charge is 0.251 e. The third kappa shape index (κ3) is 5.57. The zero-order valence-corrected chi connectivity index (χ0v) is 15.1. The average Bonchev–Trinajstić information content (AvgIpc) is 2.64. The molecule has 3 N–H and O–H groups in total. The van der Waals surface area contributed by atoms with Crippen molar-refractivity contribution in [1.29, 1.82) is 0 Å². The predicted octanol–water partition coefficient (Wildman–Crippen LogP) is 3.32. The van der Waals surface area contributed by atoms with E-state index in [4.69, 9.17) is 5.11 Å². The second-order valence-electron chi connectivity index (χ2n) is 6.40. The molecule has 25 heavy (non-hydrogen) atoms. The fraction of sp³-hybridized carbons (Fsp3) is 0.400. The van der Waals surface area contributed by atoms with E-state index in [0.29, 0.717) is 24.4 Å². The summed E-state index contributed by atoms with van der Waals surface area (Å²) >= 11 is 0. The Morgan fingerprint density at radius 2 is 1.88 bits per heavy atom. The lowest BCUT2D eigenvalue weighted by molar-refractivity contribution is 0.0915. The molecule has 0 radical (unpaired) electrons. The molecule has 0 aliphatic heterocycles. The second-order valence-corrected chi connectivity index (χ2v) is 6.40. The highest BCUT2D eigenvalue weighted by molar-refractivity contribution is 5.94. The fourth-order valence-corrected chi connectivity index (χ4v) is 2.40. The maximum absolute atomic E-state index is 12.1. The molecule has 5 nitrogen and oxygen atoms in total. The van der Waals surface area contributed by atoms with Crippen LogP contribution in [0.1, 0.15) is 54.9 Å². The second kappa shape index (κ2) is 9.18. The van der Waals surface area contributed by atoms with Crippen LogP contribution in [-0.2, 0) is 6.54 Å². The molecule has 0 saturated heterocycles. The van der Waals surface area contributed by atoms with Gasteiger partial charge in [0.25, 0.3) is 5.91 Å². The van der Waals surface area contributed by atoms with Gasteiger partial charge in [0.15, 0.2) is 0 Å². The first-order valence-corrected chi connectivity index (χ1v) is 8.75. The molecule has 0 aliphatic rings. The van der Waals surface area contributed by atoms with Crippen LogP contribution in [-0.4, -0.2) is 28.6 Å². The largest absolute Gasteiger partial charge is 0.394 e. The number of hydrogen-bond donors (Lipinski definition) is 3. The standard InChI is InChI=1S/C20H27N3O2/c1-4-16(13-24)23-20(25)15-8-10-17(11-9-15)21-12-18-6-5-7-19(22-18)14(2)3/h5-11,14,16,21,24H,4,12-13H2,1-3H3,(H,23,25). The topological polar surface area (TPSA) is 74.2 Å². The first-order valence-electron chi connectivity index (χ1n) is 8.75. The van der Waals surface area contributed by atoms with Crippen LogP contribution in [0.3, 0.4) is 0 Å². The van der Waals surface area contributed by atoms with Crippen LogP contribution in [0.4, 0.5) is 5.69 Å². The summed E-state index contributed by atoms with van der Waals surface area (Å²) in [6.07, 6.45) is 0.699. The van der Waals surface area contributed by atoms with Gasteiger partial charge in [-0.3, -0.25) is 9.78 Å². The van der Waals surface area contributed by atoms with Gasteiger partial charge in [-0.15, -0.1) is 0 Å². The van der Waals surface area contributed by atoms with Crippen molar-refractivity contribution in [2.45, 2.75) is 45.7 Å². The Morgan fingerprint density at radius 1 is 1.16 bits per heavy atom. The van der Waals surface area contributed by atoms with Crippen molar-refractivity contribution >= 4 is 11.6 Å². The molecule has 1 heterocycles. The lowest BCUT2D eigenvalue weighted by Crippen LogP contribution is -2.36. The lowest BCUT2D eigenvalue weighted by atomic mass is 10.1. The molecule has 0 saturated carbocycles. The van der Waals surface area contributed by atoms with Gasteiger partial charge in [0.1, 0.15) is 0 Å². The SMILES string of the molecule is CCC(CO)NC(=O)c1ccc(NCc2cccc(C(C)C)n2)cc1. The van der Waals surface area contributed by atoms with E-state index >= 15 is 0 Å². The summed E-state index contributed by atoms with van der Waals surface area (Å²) in [6.45, 7) is 6.77. The fourth-order valence-electron chi connectivity index (χ4n) is 2.40. The maximum Gasteiger partial charge on any atom is 0.251 e. The summed E-state index contributed by atoms with van der Waals surface area (Å²) in [5.74, 6) is 0.238. The molecular weight excluding hydrogens is 314 g/mol. The van der Waals surface area contributed by atoms with Crippen LogP contribution >= 0.6 is 0 Å². The number of benzene rings is 1. The van der Waals surface area contributed by atoms with E-state index in [1.54, 1.807) is 12.1 Å². The van der Waals surface area contributed by atoms with Gasteiger partial charge in [0, 0.05) is 16.9 Å². The number of anilines is 1. The molecule has 2 aromatic rings. The van der Waals surface area contributed by atoms with Crippen molar-refractivity contribution < 1.29 is 9.90 Å². The number of pyridine rings is 1. The van der Waals surface area contributed by atoms with Crippen molar-refractivity contribution in [1.82, 2.24) is 10.3 Å². The number of hydrogen-bond acceptors (Lipinski definition) is 4. The maximum atomic E-state index is 12.1. The van der Waals surface area contributed by atoms with Crippen LogP contribution < -0.4 is 10.6 Å². The first kappa shape index (κ1) is 18.9. The molecule has 0 aliphatic carbocycles. The molecule has 0 fully saturated rings. The van der Waals surface area contributed by atoms with Crippen LogP contribution in [0.5, 0.6) is 0 Å². The number of aliphatic hydroxyl groups is 1. The Kier molecular flexibility index (Phi) is 6.95. The molecular formula is C20H27N3O2. The molecule has 1 aromatic heterocycles. The Bertz CT molecular complexity index is 680. The van der Waals surface area contributed by atoms with E-state index in [9.17, 15) is 4.79 Å². The zero-order chi connectivity index (χ0) is 18.2. The monoisotopic (exact) mass is 341 g/mol. The predicted molar refractivity (Wildman–Crippen MR) is 101 cm³/mol. The van der Waals surface area contributed by atoms with E-state index < -0.39 is 0 Å². The quantitative estimate of drug-likeness (QED) is 0.688. The van der Waals surface area contributed by atoms with Gasteiger partial charge in [-0.05, 0) is 48.7 Å². The summed E-state index contributed by atoms with van der Waals surface area (Å²) in [4.78, 5) is 16.7. The minimum atomic E-state index is -0.204. The van der Waals surface area contributed by atoms with Crippen LogP contribution in [0.2, 0.25) is 0 Å².